The second kappa shape index (κ2) is 9.29. The minimum absolute atomic E-state index is 0.139. The van der Waals surface area contributed by atoms with Gasteiger partial charge in [-0.05, 0) is 50.5 Å². The molecule has 1 N–H and O–H groups in total. The molecule has 1 aromatic carbocycles. The Bertz CT molecular complexity index is 1130. The maximum Gasteiger partial charge on any atom is 0.274 e. The number of pyridine rings is 1. The molecule has 2 aromatic heterocycles. The van der Waals surface area contributed by atoms with Gasteiger partial charge >= 0.3 is 0 Å². The number of anilines is 1. The summed E-state index contributed by atoms with van der Waals surface area (Å²) >= 11 is 0. The van der Waals surface area contributed by atoms with Crippen molar-refractivity contribution in [2.24, 2.45) is 0 Å². The monoisotopic (exact) mass is 419 g/mol. The van der Waals surface area contributed by atoms with E-state index in [1.807, 2.05) is 32.0 Å². The summed E-state index contributed by atoms with van der Waals surface area (Å²) in [6.45, 7) is 6.18. The van der Waals surface area contributed by atoms with Crippen LogP contribution in [0.4, 0.5) is 5.82 Å². The zero-order valence-electron chi connectivity index (χ0n) is 18.2. The van der Waals surface area contributed by atoms with Crippen molar-refractivity contribution >= 4 is 22.5 Å². The first-order valence-electron chi connectivity index (χ1n) is 11.0. The summed E-state index contributed by atoms with van der Waals surface area (Å²) in [5.41, 5.74) is 1.08. The fourth-order valence-electron chi connectivity index (χ4n) is 4.03. The summed E-state index contributed by atoms with van der Waals surface area (Å²) in [5.74, 6) is 0.671. The van der Waals surface area contributed by atoms with Gasteiger partial charge in [0.05, 0.1) is 11.4 Å². The van der Waals surface area contributed by atoms with Gasteiger partial charge in [-0.3, -0.25) is 9.59 Å². The van der Waals surface area contributed by atoms with Crippen LogP contribution >= 0.6 is 0 Å². The molecule has 4 rings (SSSR count). The third-order valence-electron chi connectivity index (χ3n) is 5.73. The lowest BCUT2D eigenvalue weighted by Gasteiger charge is -2.21. The highest BCUT2D eigenvalue weighted by molar-refractivity contribution is 6.04. The van der Waals surface area contributed by atoms with Crippen molar-refractivity contribution < 1.29 is 4.79 Å². The number of benzene rings is 1. The van der Waals surface area contributed by atoms with E-state index < -0.39 is 0 Å². The van der Waals surface area contributed by atoms with Gasteiger partial charge in [-0.15, -0.1) is 0 Å². The van der Waals surface area contributed by atoms with Gasteiger partial charge in [0.25, 0.3) is 11.5 Å². The SMILES string of the molecule is CC(C)n1nc(C(=O)NCc2ccnc(N3CCCCCC3)c2)c2ccccc2c1=O. The summed E-state index contributed by atoms with van der Waals surface area (Å²) in [5, 5.41) is 8.43. The second-order valence-corrected chi connectivity index (χ2v) is 8.34. The molecule has 0 radical (unpaired) electrons. The molecule has 1 aliphatic rings. The van der Waals surface area contributed by atoms with Gasteiger partial charge in [0.2, 0.25) is 0 Å². The molecule has 1 fully saturated rings. The van der Waals surface area contributed by atoms with Crippen molar-refractivity contribution in [2.45, 2.75) is 52.1 Å². The van der Waals surface area contributed by atoms with Gasteiger partial charge in [-0.2, -0.15) is 5.10 Å². The molecule has 0 atom stereocenters. The lowest BCUT2D eigenvalue weighted by atomic mass is 10.1. The van der Waals surface area contributed by atoms with E-state index in [9.17, 15) is 9.59 Å². The number of rotatable bonds is 5. The molecular weight excluding hydrogens is 390 g/mol. The number of amides is 1. The van der Waals surface area contributed by atoms with Crippen LogP contribution in [0.5, 0.6) is 0 Å². The summed E-state index contributed by atoms with van der Waals surface area (Å²) < 4.78 is 1.38. The van der Waals surface area contributed by atoms with Crippen LogP contribution in [0, 0.1) is 0 Å². The molecule has 7 nitrogen and oxygen atoms in total. The summed E-state index contributed by atoms with van der Waals surface area (Å²) in [4.78, 5) is 32.6. The largest absolute Gasteiger partial charge is 0.357 e. The number of hydrogen-bond donors (Lipinski definition) is 1. The van der Waals surface area contributed by atoms with Crippen molar-refractivity contribution in [3.63, 3.8) is 0 Å². The van der Waals surface area contributed by atoms with E-state index in [-0.39, 0.29) is 23.2 Å². The molecule has 3 aromatic rings. The van der Waals surface area contributed by atoms with E-state index in [1.165, 1.54) is 30.4 Å². The Morgan fingerprint density at radius 1 is 1.06 bits per heavy atom. The quantitative estimate of drug-likeness (QED) is 0.682. The first kappa shape index (κ1) is 21.0. The molecule has 31 heavy (non-hydrogen) atoms. The molecule has 0 aliphatic carbocycles. The molecule has 0 spiro atoms. The van der Waals surface area contributed by atoms with Crippen LogP contribution in [-0.4, -0.2) is 33.8 Å². The molecule has 1 aliphatic heterocycles. The van der Waals surface area contributed by atoms with Crippen LogP contribution in [0.2, 0.25) is 0 Å². The standard InChI is InChI=1S/C24H29N5O2/c1-17(2)29-24(31)20-10-6-5-9-19(20)22(27-29)23(30)26-16-18-11-12-25-21(15-18)28-13-7-3-4-8-14-28/h5-6,9-12,15,17H,3-4,7-8,13-14,16H2,1-2H3,(H,26,30). The summed E-state index contributed by atoms with van der Waals surface area (Å²) in [6, 6.07) is 11.0. The van der Waals surface area contributed by atoms with Crippen molar-refractivity contribution in [2.75, 3.05) is 18.0 Å². The van der Waals surface area contributed by atoms with Gasteiger partial charge < -0.3 is 10.2 Å². The number of nitrogens with zero attached hydrogens (tertiary/aromatic N) is 4. The lowest BCUT2D eigenvalue weighted by molar-refractivity contribution is 0.0945. The minimum Gasteiger partial charge on any atom is -0.357 e. The Morgan fingerprint density at radius 3 is 2.48 bits per heavy atom. The molecule has 7 heteroatoms. The fourth-order valence-corrected chi connectivity index (χ4v) is 4.03. The maximum atomic E-state index is 13.0. The molecule has 0 unspecified atom stereocenters. The van der Waals surface area contributed by atoms with Crippen molar-refractivity contribution in [3.8, 4) is 0 Å². The van der Waals surface area contributed by atoms with Crippen LogP contribution in [0.25, 0.3) is 10.8 Å². The van der Waals surface area contributed by atoms with Gasteiger partial charge in [0, 0.05) is 31.2 Å². The van der Waals surface area contributed by atoms with E-state index in [2.05, 4.69) is 20.3 Å². The molecule has 1 saturated heterocycles. The third kappa shape index (κ3) is 4.60. The molecule has 0 bridgehead atoms. The lowest BCUT2D eigenvalue weighted by Crippen LogP contribution is -2.31. The Kier molecular flexibility index (Phi) is 6.30. The van der Waals surface area contributed by atoms with E-state index in [0.717, 1.165) is 24.5 Å². The van der Waals surface area contributed by atoms with Crippen LogP contribution in [0.15, 0.2) is 47.4 Å². The van der Waals surface area contributed by atoms with Crippen LogP contribution in [-0.2, 0) is 6.54 Å². The van der Waals surface area contributed by atoms with E-state index in [4.69, 9.17) is 0 Å². The summed E-state index contributed by atoms with van der Waals surface area (Å²) in [6.07, 6.45) is 6.71. The highest BCUT2D eigenvalue weighted by atomic mass is 16.2. The Morgan fingerprint density at radius 2 is 1.77 bits per heavy atom. The third-order valence-corrected chi connectivity index (χ3v) is 5.73. The highest BCUT2D eigenvalue weighted by Crippen LogP contribution is 2.19. The average Bonchev–Trinajstić information content (AvgIpc) is 3.07. The zero-order chi connectivity index (χ0) is 21.8. The van der Waals surface area contributed by atoms with Gasteiger partial charge in [0.15, 0.2) is 5.69 Å². The molecule has 0 saturated carbocycles. The van der Waals surface area contributed by atoms with E-state index >= 15 is 0 Å². The Labute approximate surface area is 182 Å². The molecule has 1 amide bonds. The molecular formula is C24H29N5O2. The topological polar surface area (TPSA) is 80.1 Å². The van der Waals surface area contributed by atoms with Crippen LogP contribution in [0.1, 0.15) is 61.6 Å². The zero-order valence-corrected chi connectivity index (χ0v) is 18.2. The number of carbonyl (C=O) groups is 1. The van der Waals surface area contributed by atoms with Crippen molar-refractivity contribution in [3.05, 3.63) is 64.2 Å². The number of fused-ring (bicyclic) bond motifs is 1. The average molecular weight is 420 g/mol. The predicted octanol–water partition coefficient (Wildman–Crippen LogP) is 3.68. The molecule has 3 heterocycles. The Balaban J connectivity index is 1.56. The normalized spacial score (nSPS) is 14.6. The van der Waals surface area contributed by atoms with E-state index in [1.54, 1.807) is 24.4 Å². The van der Waals surface area contributed by atoms with Crippen molar-refractivity contribution in [1.82, 2.24) is 20.1 Å². The number of carbonyl (C=O) groups excluding carboxylic acids is 1. The predicted molar refractivity (Wildman–Crippen MR) is 122 cm³/mol. The second-order valence-electron chi connectivity index (χ2n) is 8.34. The van der Waals surface area contributed by atoms with Gasteiger partial charge in [-0.1, -0.05) is 31.0 Å². The summed E-state index contributed by atoms with van der Waals surface area (Å²) in [7, 11) is 0. The maximum absolute atomic E-state index is 13.0. The molecule has 162 valence electrons. The highest BCUT2D eigenvalue weighted by Gasteiger charge is 2.18. The number of nitrogens with one attached hydrogen (secondary N) is 1. The first-order valence-corrected chi connectivity index (χ1v) is 11.0. The number of aromatic nitrogens is 3. The smallest absolute Gasteiger partial charge is 0.274 e. The Hall–Kier alpha value is -3.22. The van der Waals surface area contributed by atoms with Crippen LogP contribution < -0.4 is 15.8 Å². The first-order chi connectivity index (χ1) is 15.0. The van der Waals surface area contributed by atoms with Gasteiger partial charge in [0.1, 0.15) is 5.82 Å². The minimum atomic E-state index is -0.293. The number of hydrogen-bond acceptors (Lipinski definition) is 5. The van der Waals surface area contributed by atoms with E-state index in [0.29, 0.717) is 17.3 Å². The fraction of sp³-hybridized carbons (Fsp3) is 0.417. The van der Waals surface area contributed by atoms with Crippen molar-refractivity contribution in [1.29, 1.82) is 0 Å². The van der Waals surface area contributed by atoms with Gasteiger partial charge in [-0.25, -0.2) is 9.67 Å². The van der Waals surface area contributed by atoms with Crippen LogP contribution in [0.3, 0.4) is 0 Å².